The Labute approximate surface area is 134 Å². The van der Waals surface area contributed by atoms with Gasteiger partial charge in [0, 0.05) is 18.7 Å². The summed E-state index contributed by atoms with van der Waals surface area (Å²) in [6, 6.07) is 3.92. The molecule has 3 rings (SSSR count). The molecule has 0 saturated carbocycles. The molecule has 5 nitrogen and oxygen atoms in total. The highest BCUT2D eigenvalue weighted by Gasteiger charge is 2.32. The van der Waals surface area contributed by atoms with Crippen LogP contribution in [0.1, 0.15) is 31.2 Å². The second kappa shape index (κ2) is 6.28. The molecule has 2 heterocycles. The van der Waals surface area contributed by atoms with Crippen LogP contribution in [0.3, 0.4) is 0 Å². The van der Waals surface area contributed by atoms with Crippen molar-refractivity contribution in [2.45, 2.75) is 25.6 Å². The van der Waals surface area contributed by atoms with E-state index in [-0.39, 0.29) is 18.1 Å². The minimum Gasteiger partial charge on any atom is -0.493 e. The minimum atomic E-state index is 0.00653. The van der Waals surface area contributed by atoms with Crippen molar-refractivity contribution in [3.63, 3.8) is 0 Å². The number of hydrogen-bond donors (Lipinski definition) is 0. The van der Waals surface area contributed by atoms with Crippen LogP contribution in [-0.4, -0.2) is 37.0 Å². The predicted molar refractivity (Wildman–Crippen MR) is 85.5 cm³/mol. The third kappa shape index (κ3) is 2.84. The molecular weight excluding hydrogens is 302 g/mol. The average Bonchev–Trinajstić information content (AvgIpc) is 2.96. The highest BCUT2D eigenvalue weighted by Crippen LogP contribution is 2.46. The van der Waals surface area contributed by atoms with Crippen molar-refractivity contribution in [3.05, 3.63) is 17.7 Å². The van der Waals surface area contributed by atoms with Gasteiger partial charge in [0.2, 0.25) is 18.4 Å². The van der Waals surface area contributed by atoms with Gasteiger partial charge in [-0.2, -0.15) is 0 Å². The van der Waals surface area contributed by atoms with Gasteiger partial charge in [-0.25, -0.2) is 0 Å². The van der Waals surface area contributed by atoms with Crippen molar-refractivity contribution in [1.82, 2.24) is 4.90 Å². The van der Waals surface area contributed by atoms with E-state index < -0.39 is 0 Å². The molecule has 0 bridgehead atoms. The highest BCUT2D eigenvalue weighted by atomic mass is 32.2. The van der Waals surface area contributed by atoms with Crippen molar-refractivity contribution in [2.24, 2.45) is 5.92 Å². The second-order valence-electron chi connectivity index (χ2n) is 5.87. The fraction of sp³-hybridized carbons (Fsp3) is 0.562. The van der Waals surface area contributed by atoms with Crippen LogP contribution in [0.25, 0.3) is 0 Å². The largest absolute Gasteiger partial charge is 0.493 e. The van der Waals surface area contributed by atoms with Gasteiger partial charge in [-0.05, 0) is 23.6 Å². The highest BCUT2D eigenvalue weighted by molar-refractivity contribution is 7.99. The fourth-order valence-corrected chi connectivity index (χ4v) is 4.01. The summed E-state index contributed by atoms with van der Waals surface area (Å²) in [7, 11) is 1.62. The first-order valence-electron chi connectivity index (χ1n) is 7.48. The van der Waals surface area contributed by atoms with Gasteiger partial charge in [-0.15, -0.1) is 11.8 Å². The Hall–Kier alpha value is -1.56. The number of fused-ring (bicyclic) bond motifs is 1. The number of ether oxygens (including phenoxy) is 3. The first-order chi connectivity index (χ1) is 10.6. The maximum absolute atomic E-state index is 12.3. The summed E-state index contributed by atoms with van der Waals surface area (Å²) >= 11 is 1.79. The fourth-order valence-electron chi connectivity index (χ4n) is 2.78. The lowest BCUT2D eigenvalue weighted by atomic mass is 10.1. The van der Waals surface area contributed by atoms with Gasteiger partial charge in [-0.3, -0.25) is 4.79 Å². The summed E-state index contributed by atoms with van der Waals surface area (Å²) in [4.78, 5) is 14.3. The van der Waals surface area contributed by atoms with Crippen LogP contribution in [0.15, 0.2) is 12.1 Å². The third-order valence-corrected chi connectivity index (χ3v) is 5.00. The van der Waals surface area contributed by atoms with E-state index in [4.69, 9.17) is 14.2 Å². The van der Waals surface area contributed by atoms with Crippen LogP contribution in [-0.2, 0) is 4.79 Å². The van der Waals surface area contributed by atoms with Crippen LogP contribution in [0, 0.1) is 5.92 Å². The second-order valence-corrected chi connectivity index (χ2v) is 7.06. The lowest BCUT2D eigenvalue weighted by Gasteiger charge is -2.36. The van der Waals surface area contributed by atoms with Crippen molar-refractivity contribution in [1.29, 1.82) is 0 Å². The van der Waals surface area contributed by atoms with Gasteiger partial charge in [0.1, 0.15) is 5.37 Å². The van der Waals surface area contributed by atoms with Crippen LogP contribution in [0.5, 0.6) is 17.2 Å². The van der Waals surface area contributed by atoms with Crippen molar-refractivity contribution >= 4 is 17.7 Å². The Balaban J connectivity index is 1.95. The molecule has 0 aliphatic carbocycles. The predicted octanol–water partition coefficient (Wildman–Crippen LogP) is 3.04. The number of amides is 1. The third-order valence-electron chi connectivity index (χ3n) is 3.72. The molecule has 1 atom stereocenters. The quantitative estimate of drug-likeness (QED) is 0.852. The summed E-state index contributed by atoms with van der Waals surface area (Å²) in [5.41, 5.74) is 1.03. The van der Waals surface area contributed by atoms with Crippen molar-refractivity contribution in [2.75, 3.05) is 26.2 Å². The lowest BCUT2D eigenvalue weighted by molar-refractivity contribution is -0.132. The van der Waals surface area contributed by atoms with E-state index in [1.165, 1.54) is 0 Å². The number of nitrogens with zero attached hydrogens (tertiary/aromatic N) is 1. The number of hydrogen-bond acceptors (Lipinski definition) is 5. The molecule has 1 amide bonds. The molecule has 0 aromatic heterocycles. The van der Waals surface area contributed by atoms with Gasteiger partial charge in [0.15, 0.2) is 11.5 Å². The summed E-state index contributed by atoms with van der Waals surface area (Å²) < 4.78 is 16.4. The number of carbonyl (C=O) groups excluding carboxylic acids is 1. The molecule has 6 heteroatoms. The van der Waals surface area contributed by atoms with E-state index >= 15 is 0 Å². The van der Waals surface area contributed by atoms with E-state index in [9.17, 15) is 4.79 Å². The van der Waals surface area contributed by atoms with Gasteiger partial charge in [0.25, 0.3) is 0 Å². The van der Waals surface area contributed by atoms with Crippen molar-refractivity contribution in [3.8, 4) is 17.2 Å². The number of thioether (sulfide) groups is 1. The Morgan fingerprint density at radius 2 is 2.23 bits per heavy atom. The molecule has 1 aromatic rings. The van der Waals surface area contributed by atoms with Crippen LogP contribution in [0.2, 0.25) is 0 Å². The molecule has 0 radical (unpaired) electrons. The first kappa shape index (κ1) is 15.3. The molecule has 22 heavy (non-hydrogen) atoms. The Bertz CT molecular complexity index is 576. The maximum atomic E-state index is 12.3. The van der Waals surface area contributed by atoms with Crippen LogP contribution in [0.4, 0.5) is 0 Å². The topological polar surface area (TPSA) is 48.0 Å². The van der Waals surface area contributed by atoms with Crippen molar-refractivity contribution < 1.29 is 19.0 Å². The lowest BCUT2D eigenvalue weighted by Crippen LogP contribution is -2.39. The monoisotopic (exact) mass is 323 g/mol. The molecular formula is C16H21NO4S. The van der Waals surface area contributed by atoms with Crippen LogP contribution < -0.4 is 14.2 Å². The van der Waals surface area contributed by atoms with E-state index in [0.717, 1.165) is 17.9 Å². The van der Waals surface area contributed by atoms with E-state index in [1.807, 2.05) is 17.0 Å². The van der Waals surface area contributed by atoms with Gasteiger partial charge in [0.05, 0.1) is 7.11 Å². The molecule has 1 unspecified atom stereocenters. The molecule has 120 valence electrons. The standard InChI is InChI=1S/C16H21NO4S/c1-10(2)8-17-14(18)4-5-22-16(17)11-6-12(19-3)15-13(7-11)20-9-21-15/h6-7,10,16H,4-5,8-9H2,1-3H3. The molecule has 0 spiro atoms. The number of carbonyl (C=O) groups is 1. The van der Waals surface area contributed by atoms with E-state index in [1.54, 1.807) is 18.9 Å². The molecule has 1 fully saturated rings. The van der Waals surface area contributed by atoms with Gasteiger partial charge in [-0.1, -0.05) is 13.8 Å². The Morgan fingerprint density at radius 1 is 1.41 bits per heavy atom. The normalized spacial score (nSPS) is 20.6. The number of benzene rings is 1. The minimum absolute atomic E-state index is 0.00653. The van der Waals surface area contributed by atoms with E-state index in [0.29, 0.717) is 29.6 Å². The Morgan fingerprint density at radius 3 is 2.95 bits per heavy atom. The number of rotatable bonds is 4. The summed E-state index contributed by atoms with van der Waals surface area (Å²) in [6.45, 7) is 5.22. The van der Waals surface area contributed by atoms with Gasteiger partial charge < -0.3 is 19.1 Å². The molecule has 1 aromatic carbocycles. The molecule has 1 saturated heterocycles. The Kier molecular flexibility index (Phi) is 4.38. The zero-order valence-corrected chi connectivity index (χ0v) is 13.9. The van der Waals surface area contributed by atoms with Crippen LogP contribution >= 0.6 is 11.8 Å². The maximum Gasteiger partial charge on any atom is 0.231 e. The average molecular weight is 323 g/mol. The molecule has 2 aliphatic heterocycles. The first-order valence-corrected chi connectivity index (χ1v) is 8.53. The molecule has 0 N–H and O–H groups in total. The zero-order chi connectivity index (χ0) is 15.7. The zero-order valence-electron chi connectivity index (χ0n) is 13.1. The van der Waals surface area contributed by atoms with Gasteiger partial charge >= 0.3 is 0 Å². The van der Waals surface area contributed by atoms with E-state index in [2.05, 4.69) is 13.8 Å². The summed E-state index contributed by atoms with van der Waals surface area (Å²) in [5, 5.41) is 0.00653. The summed E-state index contributed by atoms with van der Waals surface area (Å²) in [6.07, 6.45) is 0.607. The smallest absolute Gasteiger partial charge is 0.231 e. The number of methoxy groups -OCH3 is 1. The summed E-state index contributed by atoms with van der Waals surface area (Å²) in [5.74, 6) is 3.49. The molecule has 2 aliphatic rings. The SMILES string of the molecule is COc1cc(C2SCCC(=O)N2CC(C)C)cc2c1OCO2.